The van der Waals surface area contributed by atoms with Gasteiger partial charge in [0, 0.05) is 10.3 Å². The number of nitrogens with zero attached hydrogens (tertiary/aromatic N) is 1. The van der Waals surface area contributed by atoms with Crippen molar-refractivity contribution in [2.45, 2.75) is 50.1 Å². The fourth-order valence-corrected chi connectivity index (χ4v) is 5.24. The van der Waals surface area contributed by atoms with Gasteiger partial charge in [-0.2, -0.15) is 0 Å². The number of methoxy groups -OCH3 is 1. The molecule has 0 saturated carbocycles. The van der Waals surface area contributed by atoms with Gasteiger partial charge in [-0.1, -0.05) is 30.3 Å². The average molecular weight is 487 g/mol. The van der Waals surface area contributed by atoms with Crippen molar-refractivity contribution in [1.29, 1.82) is 0 Å². The molecule has 3 N–H and O–H groups in total. The molecule has 2 amide bonds. The number of ether oxygens (including phenoxy) is 1. The molecular weight excluding hydrogens is 456 g/mol. The molecule has 1 heterocycles. The molecule has 3 atom stereocenters. The van der Waals surface area contributed by atoms with Crippen molar-refractivity contribution in [2.24, 2.45) is 0 Å². The third-order valence-corrected chi connectivity index (χ3v) is 7.36. The standard InChI is InChI=1S/C25H30N2O6S/c1-15-12-17(33-4)10-11-18(15)22(29)26-19(13-16-8-6-5-7-9-16)20(28)23(30)27-14-34-25(2,3)21(27)24(31)32/h5-12,19-21,28H,13-14H2,1-4H3,(H,26,29)(H,31,32). The van der Waals surface area contributed by atoms with Gasteiger partial charge in [0.05, 0.1) is 19.0 Å². The van der Waals surface area contributed by atoms with Crippen LogP contribution in [0.3, 0.4) is 0 Å². The minimum atomic E-state index is -1.63. The molecule has 0 aliphatic carbocycles. The van der Waals surface area contributed by atoms with E-state index in [4.69, 9.17) is 4.74 Å². The molecule has 0 bridgehead atoms. The summed E-state index contributed by atoms with van der Waals surface area (Å²) in [5.41, 5.74) is 1.89. The molecule has 0 spiro atoms. The van der Waals surface area contributed by atoms with E-state index in [2.05, 4.69) is 5.32 Å². The highest BCUT2D eigenvalue weighted by Crippen LogP contribution is 2.39. The second-order valence-electron chi connectivity index (χ2n) is 8.82. The molecule has 3 rings (SSSR count). The predicted molar refractivity (Wildman–Crippen MR) is 130 cm³/mol. The largest absolute Gasteiger partial charge is 0.497 e. The number of aryl methyl sites for hydroxylation is 1. The van der Waals surface area contributed by atoms with E-state index in [-0.39, 0.29) is 12.3 Å². The summed E-state index contributed by atoms with van der Waals surface area (Å²) >= 11 is 1.34. The Morgan fingerprint density at radius 3 is 2.47 bits per heavy atom. The number of hydrogen-bond acceptors (Lipinski definition) is 6. The fraction of sp³-hybridized carbons (Fsp3) is 0.400. The van der Waals surface area contributed by atoms with Crippen LogP contribution in [0.25, 0.3) is 0 Å². The zero-order valence-electron chi connectivity index (χ0n) is 19.6. The maximum Gasteiger partial charge on any atom is 0.327 e. The highest BCUT2D eigenvalue weighted by atomic mass is 32.2. The number of carboxylic acid groups (broad SMARTS) is 1. The summed E-state index contributed by atoms with van der Waals surface area (Å²) in [4.78, 5) is 39.5. The molecule has 1 aliphatic rings. The van der Waals surface area contributed by atoms with Gasteiger partial charge in [0.15, 0.2) is 6.10 Å². The third-order valence-electron chi connectivity index (χ3n) is 5.99. The first-order valence-electron chi connectivity index (χ1n) is 10.9. The molecule has 9 heteroatoms. The highest BCUT2D eigenvalue weighted by molar-refractivity contribution is 8.00. The summed E-state index contributed by atoms with van der Waals surface area (Å²) in [5.74, 6) is -1.55. The summed E-state index contributed by atoms with van der Waals surface area (Å²) in [5, 5.41) is 23.6. The first-order chi connectivity index (χ1) is 16.0. The molecule has 2 aromatic carbocycles. The second-order valence-corrected chi connectivity index (χ2v) is 10.4. The van der Waals surface area contributed by atoms with E-state index < -0.39 is 40.7 Å². The average Bonchev–Trinajstić information content (AvgIpc) is 3.13. The molecule has 1 saturated heterocycles. The molecule has 8 nitrogen and oxygen atoms in total. The van der Waals surface area contributed by atoms with Crippen LogP contribution in [0.5, 0.6) is 5.75 Å². The first kappa shape index (κ1) is 25.6. The Labute approximate surface area is 203 Å². The molecule has 182 valence electrons. The Bertz CT molecular complexity index is 1060. The van der Waals surface area contributed by atoms with Gasteiger partial charge < -0.3 is 25.2 Å². The monoisotopic (exact) mass is 486 g/mol. The van der Waals surface area contributed by atoms with E-state index in [1.54, 1.807) is 39.0 Å². The quantitative estimate of drug-likeness (QED) is 0.525. The molecule has 0 radical (unpaired) electrons. The molecule has 1 aliphatic heterocycles. The molecule has 2 aromatic rings. The van der Waals surface area contributed by atoms with Crippen LogP contribution in [0.1, 0.15) is 35.3 Å². The number of benzene rings is 2. The summed E-state index contributed by atoms with van der Waals surface area (Å²) in [6.45, 7) is 5.28. The fourth-order valence-electron chi connectivity index (χ4n) is 4.10. The lowest BCUT2D eigenvalue weighted by Crippen LogP contribution is -2.57. The van der Waals surface area contributed by atoms with Crippen molar-refractivity contribution in [3.8, 4) is 5.75 Å². The summed E-state index contributed by atoms with van der Waals surface area (Å²) in [7, 11) is 1.54. The van der Waals surface area contributed by atoms with Gasteiger partial charge in [-0.3, -0.25) is 9.59 Å². The maximum atomic E-state index is 13.3. The van der Waals surface area contributed by atoms with Crippen LogP contribution in [0.2, 0.25) is 0 Å². The number of thioether (sulfide) groups is 1. The van der Waals surface area contributed by atoms with Crippen molar-refractivity contribution in [3.05, 3.63) is 65.2 Å². The number of nitrogens with one attached hydrogen (secondary N) is 1. The van der Waals surface area contributed by atoms with Crippen LogP contribution < -0.4 is 10.1 Å². The second kappa shape index (κ2) is 10.5. The Morgan fingerprint density at radius 2 is 1.88 bits per heavy atom. The Balaban J connectivity index is 1.87. The van der Waals surface area contributed by atoms with E-state index in [1.807, 2.05) is 30.3 Å². The van der Waals surface area contributed by atoms with E-state index in [1.165, 1.54) is 23.8 Å². The Hall–Kier alpha value is -3.04. The van der Waals surface area contributed by atoms with Crippen LogP contribution in [-0.4, -0.2) is 68.8 Å². The number of amides is 2. The summed E-state index contributed by atoms with van der Waals surface area (Å²) in [6.07, 6.45) is -1.43. The number of aliphatic carboxylic acids is 1. The van der Waals surface area contributed by atoms with Crippen LogP contribution in [-0.2, 0) is 16.0 Å². The third kappa shape index (κ3) is 5.53. The molecule has 3 unspecified atom stereocenters. The molecule has 1 fully saturated rings. The lowest BCUT2D eigenvalue weighted by molar-refractivity contribution is -0.154. The molecule has 34 heavy (non-hydrogen) atoms. The Morgan fingerprint density at radius 1 is 1.21 bits per heavy atom. The summed E-state index contributed by atoms with van der Waals surface area (Å²) in [6, 6.07) is 12.1. The topological polar surface area (TPSA) is 116 Å². The van der Waals surface area contributed by atoms with E-state index in [9.17, 15) is 24.6 Å². The van der Waals surface area contributed by atoms with Crippen molar-refractivity contribution < 1.29 is 29.3 Å². The van der Waals surface area contributed by atoms with E-state index >= 15 is 0 Å². The smallest absolute Gasteiger partial charge is 0.327 e. The zero-order valence-corrected chi connectivity index (χ0v) is 20.5. The van der Waals surface area contributed by atoms with Crippen LogP contribution in [0, 0.1) is 6.92 Å². The Kier molecular flexibility index (Phi) is 7.89. The van der Waals surface area contributed by atoms with Crippen LogP contribution in [0.15, 0.2) is 48.5 Å². The predicted octanol–water partition coefficient (Wildman–Crippen LogP) is 2.47. The minimum absolute atomic E-state index is 0.142. The van der Waals surface area contributed by atoms with Crippen molar-refractivity contribution in [1.82, 2.24) is 10.2 Å². The number of carbonyl (C=O) groups is 3. The van der Waals surface area contributed by atoms with Gasteiger partial charge in [-0.05, 0) is 56.5 Å². The SMILES string of the molecule is COc1ccc(C(=O)NC(Cc2ccccc2)C(O)C(=O)N2CSC(C)(C)C2C(=O)O)c(C)c1. The minimum Gasteiger partial charge on any atom is -0.497 e. The number of aliphatic hydroxyl groups is 1. The van der Waals surface area contributed by atoms with Gasteiger partial charge in [-0.15, -0.1) is 11.8 Å². The lowest BCUT2D eigenvalue weighted by atomic mass is 9.97. The maximum absolute atomic E-state index is 13.3. The molecular formula is C25H30N2O6S. The number of rotatable bonds is 8. The van der Waals surface area contributed by atoms with Crippen LogP contribution >= 0.6 is 11.8 Å². The number of hydrogen-bond donors (Lipinski definition) is 3. The normalized spacial score (nSPS) is 18.7. The molecule has 0 aromatic heterocycles. The van der Waals surface area contributed by atoms with Crippen molar-refractivity contribution in [2.75, 3.05) is 13.0 Å². The van der Waals surface area contributed by atoms with Crippen molar-refractivity contribution in [3.63, 3.8) is 0 Å². The van der Waals surface area contributed by atoms with Crippen LogP contribution in [0.4, 0.5) is 0 Å². The van der Waals surface area contributed by atoms with Gasteiger partial charge in [0.2, 0.25) is 0 Å². The summed E-state index contributed by atoms with van der Waals surface area (Å²) < 4.78 is 4.48. The van der Waals surface area contributed by atoms with E-state index in [0.29, 0.717) is 16.9 Å². The number of aliphatic hydroxyl groups excluding tert-OH is 1. The number of carbonyl (C=O) groups excluding carboxylic acids is 2. The van der Waals surface area contributed by atoms with Gasteiger partial charge in [0.25, 0.3) is 11.8 Å². The highest BCUT2D eigenvalue weighted by Gasteiger charge is 2.50. The van der Waals surface area contributed by atoms with Gasteiger partial charge in [0.1, 0.15) is 11.8 Å². The van der Waals surface area contributed by atoms with Gasteiger partial charge >= 0.3 is 5.97 Å². The number of carboxylic acids is 1. The zero-order chi connectivity index (χ0) is 25.0. The van der Waals surface area contributed by atoms with Crippen molar-refractivity contribution >= 4 is 29.5 Å². The first-order valence-corrected chi connectivity index (χ1v) is 11.9. The van der Waals surface area contributed by atoms with Gasteiger partial charge in [-0.25, -0.2) is 4.79 Å². The van der Waals surface area contributed by atoms with E-state index in [0.717, 1.165) is 5.56 Å². The lowest BCUT2D eigenvalue weighted by Gasteiger charge is -2.31.